The van der Waals surface area contributed by atoms with Gasteiger partial charge in [0.1, 0.15) is 11.5 Å². The Kier molecular flexibility index (Phi) is 8.53. The summed E-state index contributed by atoms with van der Waals surface area (Å²) in [6, 6.07) is 16.1. The number of anilines is 2. The lowest BCUT2D eigenvalue weighted by molar-refractivity contribution is 0.305. The van der Waals surface area contributed by atoms with Gasteiger partial charge in [0.2, 0.25) is 0 Å². The molecule has 0 radical (unpaired) electrons. The Labute approximate surface area is 151 Å². The zero-order valence-corrected chi connectivity index (χ0v) is 15.4. The third-order valence-corrected chi connectivity index (χ3v) is 3.98. The highest BCUT2D eigenvalue weighted by atomic mass is 16.5. The van der Waals surface area contributed by atoms with Crippen LogP contribution in [0, 0.1) is 0 Å². The number of para-hydroxylation sites is 2. The van der Waals surface area contributed by atoms with Crippen LogP contribution in [0.1, 0.15) is 32.6 Å². The summed E-state index contributed by atoms with van der Waals surface area (Å²) in [6.07, 6.45) is 4.89. The van der Waals surface area contributed by atoms with Crippen LogP contribution in [0.4, 0.5) is 11.4 Å². The van der Waals surface area contributed by atoms with E-state index in [1.165, 1.54) is 19.3 Å². The topological polar surface area (TPSA) is 42.5 Å². The minimum atomic E-state index is 0.790. The number of ether oxygens (including phenoxy) is 2. The molecule has 4 nitrogen and oxygen atoms in total. The molecule has 4 heteroatoms. The minimum absolute atomic E-state index is 0.790. The fourth-order valence-electron chi connectivity index (χ4n) is 2.61. The van der Waals surface area contributed by atoms with Crippen LogP contribution in [0.25, 0.3) is 0 Å². The lowest BCUT2D eigenvalue weighted by Gasteiger charge is -2.12. The summed E-state index contributed by atoms with van der Waals surface area (Å²) >= 11 is 0. The van der Waals surface area contributed by atoms with Gasteiger partial charge in [-0.1, -0.05) is 44.4 Å². The Morgan fingerprint density at radius 3 is 2.56 bits per heavy atom. The van der Waals surface area contributed by atoms with Crippen molar-refractivity contribution in [1.29, 1.82) is 0 Å². The predicted molar refractivity (Wildman–Crippen MR) is 106 cm³/mol. The first-order chi connectivity index (χ1) is 12.3. The zero-order chi connectivity index (χ0) is 17.7. The van der Waals surface area contributed by atoms with Gasteiger partial charge >= 0.3 is 0 Å². The van der Waals surface area contributed by atoms with E-state index >= 15 is 0 Å². The second-order valence-electron chi connectivity index (χ2n) is 5.99. The van der Waals surface area contributed by atoms with E-state index in [1.54, 1.807) is 7.11 Å². The highest BCUT2D eigenvalue weighted by Crippen LogP contribution is 2.22. The van der Waals surface area contributed by atoms with E-state index in [-0.39, 0.29) is 0 Å². The lowest BCUT2D eigenvalue weighted by atomic mass is 10.2. The molecule has 2 aromatic rings. The smallest absolute Gasteiger partial charge is 0.141 e. The molecule has 0 atom stereocenters. The largest absolute Gasteiger partial charge is 0.495 e. The SMILES string of the molecule is CCCCCCOc1cccc(NCCNc2ccccc2OC)c1. The van der Waals surface area contributed by atoms with E-state index in [9.17, 15) is 0 Å². The Hall–Kier alpha value is -2.36. The summed E-state index contributed by atoms with van der Waals surface area (Å²) in [5, 5.41) is 6.80. The molecule has 0 spiro atoms. The number of rotatable bonds is 12. The molecule has 0 bridgehead atoms. The molecule has 0 saturated heterocycles. The number of benzene rings is 2. The maximum atomic E-state index is 5.83. The minimum Gasteiger partial charge on any atom is -0.495 e. The monoisotopic (exact) mass is 342 g/mol. The van der Waals surface area contributed by atoms with Crippen molar-refractivity contribution < 1.29 is 9.47 Å². The van der Waals surface area contributed by atoms with Crippen LogP contribution in [-0.4, -0.2) is 26.8 Å². The molecule has 0 heterocycles. The fraction of sp³-hybridized carbons (Fsp3) is 0.429. The van der Waals surface area contributed by atoms with Crippen molar-refractivity contribution >= 4 is 11.4 Å². The van der Waals surface area contributed by atoms with Gasteiger partial charge in [-0.15, -0.1) is 0 Å². The summed E-state index contributed by atoms with van der Waals surface area (Å²) in [5.74, 6) is 1.79. The molecule has 0 aromatic heterocycles. The van der Waals surface area contributed by atoms with E-state index in [1.807, 2.05) is 36.4 Å². The maximum absolute atomic E-state index is 5.83. The van der Waals surface area contributed by atoms with Crippen molar-refractivity contribution in [2.24, 2.45) is 0 Å². The fourth-order valence-corrected chi connectivity index (χ4v) is 2.61. The Morgan fingerprint density at radius 1 is 0.880 bits per heavy atom. The van der Waals surface area contributed by atoms with Crippen LogP contribution in [0.5, 0.6) is 11.5 Å². The molecular weight excluding hydrogens is 312 g/mol. The highest BCUT2D eigenvalue weighted by Gasteiger charge is 2.00. The highest BCUT2D eigenvalue weighted by molar-refractivity contribution is 5.56. The van der Waals surface area contributed by atoms with Gasteiger partial charge in [0.25, 0.3) is 0 Å². The van der Waals surface area contributed by atoms with Crippen molar-refractivity contribution in [2.75, 3.05) is 37.4 Å². The molecule has 136 valence electrons. The number of hydrogen-bond acceptors (Lipinski definition) is 4. The first kappa shape index (κ1) is 19.0. The molecule has 2 rings (SSSR count). The number of methoxy groups -OCH3 is 1. The Bertz CT molecular complexity index is 616. The predicted octanol–water partition coefficient (Wildman–Crippen LogP) is 5.18. The van der Waals surface area contributed by atoms with E-state index in [0.29, 0.717) is 0 Å². The molecule has 0 amide bonds. The summed E-state index contributed by atoms with van der Waals surface area (Å²) in [6.45, 7) is 4.64. The van der Waals surface area contributed by atoms with E-state index < -0.39 is 0 Å². The van der Waals surface area contributed by atoms with Crippen LogP contribution in [-0.2, 0) is 0 Å². The van der Waals surface area contributed by atoms with E-state index in [0.717, 1.165) is 49.0 Å². The van der Waals surface area contributed by atoms with Crippen LogP contribution >= 0.6 is 0 Å². The molecule has 2 aromatic carbocycles. The summed E-state index contributed by atoms with van der Waals surface area (Å²) < 4.78 is 11.2. The molecule has 0 unspecified atom stereocenters. The van der Waals surface area contributed by atoms with Crippen molar-refractivity contribution in [1.82, 2.24) is 0 Å². The first-order valence-electron chi connectivity index (χ1n) is 9.17. The molecule has 0 aliphatic rings. The maximum Gasteiger partial charge on any atom is 0.141 e. The average molecular weight is 342 g/mol. The van der Waals surface area contributed by atoms with Gasteiger partial charge in [0.15, 0.2) is 0 Å². The van der Waals surface area contributed by atoms with Crippen LogP contribution in [0.15, 0.2) is 48.5 Å². The van der Waals surface area contributed by atoms with Gasteiger partial charge in [0.05, 0.1) is 19.4 Å². The van der Waals surface area contributed by atoms with Crippen molar-refractivity contribution in [3.05, 3.63) is 48.5 Å². The Balaban J connectivity index is 1.71. The number of hydrogen-bond donors (Lipinski definition) is 2. The standard InChI is InChI=1S/C21H30N2O2/c1-3-4-5-8-16-25-19-11-9-10-18(17-19)22-14-15-23-20-12-6-7-13-21(20)24-2/h6-7,9-13,17,22-23H,3-5,8,14-16H2,1-2H3. The summed E-state index contributed by atoms with van der Waals surface area (Å²) in [4.78, 5) is 0. The van der Waals surface area contributed by atoms with Crippen LogP contribution in [0.3, 0.4) is 0 Å². The molecule has 0 aliphatic carbocycles. The van der Waals surface area contributed by atoms with Gasteiger partial charge in [0, 0.05) is 24.8 Å². The zero-order valence-electron chi connectivity index (χ0n) is 15.4. The van der Waals surface area contributed by atoms with Gasteiger partial charge < -0.3 is 20.1 Å². The van der Waals surface area contributed by atoms with Crippen LogP contribution in [0.2, 0.25) is 0 Å². The molecule has 0 aliphatic heterocycles. The Morgan fingerprint density at radius 2 is 1.72 bits per heavy atom. The average Bonchev–Trinajstić information content (AvgIpc) is 2.66. The second kappa shape index (κ2) is 11.2. The quantitative estimate of drug-likeness (QED) is 0.522. The van der Waals surface area contributed by atoms with Crippen LogP contribution < -0.4 is 20.1 Å². The molecule has 25 heavy (non-hydrogen) atoms. The van der Waals surface area contributed by atoms with Gasteiger partial charge in [-0.25, -0.2) is 0 Å². The lowest BCUT2D eigenvalue weighted by Crippen LogP contribution is -2.14. The van der Waals surface area contributed by atoms with E-state index in [4.69, 9.17) is 9.47 Å². The van der Waals surface area contributed by atoms with Crippen molar-refractivity contribution in [3.8, 4) is 11.5 Å². The number of nitrogens with one attached hydrogen (secondary N) is 2. The van der Waals surface area contributed by atoms with Crippen molar-refractivity contribution in [2.45, 2.75) is 32.6 Å². The normalized spacial score (nSPS) is 10.3. The second-order valence-corrected chi connectivity index (χ2v) is 5.99. The van der Waals surface area contributed by atoms with Gasteiger partial charge in [-0.2, -0.15) is 0 Å². The third-order valence-electron chi connectivity index (χ3n) is 3.98. The first-order valence-corrected chi connectivity index (χ1v) is 9.17. The van der Waals surface area contributed by atoms with Crippen molar-refractivity contribution in [3.63, 3.8) is 0 Å². The molecule has 0 saturated carbocycles. The van der Waals surface area contributed by atoms with Gasteiger partial charge in [-0.3, -0.25) is 0 Å². The molecular formula is C21H30N2O2. The van der Waals surface area contributed by atoms with E-state index in [2.05, 4.69) is 29.7 Å². The molecule has 0 fully saturated rings. The van der Waals surface area contributed by atoms with Gasteiger partial charge in [-0.05, 0) is 30.7 Å². The number of unbranched alkanes of at least 4 members (excludes halogenated alkanes) is 3. The molecule has 2 N–H and O–H groups in total. The summed E-state index contributed by atoms with van der Waals surface area (Å²) in [7, 11) is 1.69. The third kappa shape index (κ3) is 6.96. The summed E-state index contributed by atoms with van der Waals surface area (Å²) in [5.41, 5.74) is 2.09.